The Morgan fingerprint density at radius 3 is 1.82 bits per heavy atom. The van der Waals surface area contributed by atoms with Crippen LogP contribution in [0, 0.1) is 0 Å². The minimum atomic E-state index is -1.34. The predicted molar refractivity (Wildman–Crippen MR) is 99.2 cm³/mol. The van der Waals surface area contributed by atoms with Gasteiger partial charge in [0.2, 0.25) is 23.6 Å². The van der Waals surface area contributed by atoms with Crippen LogP contribution in [-0.4, -0.2) is 59.4 Å². The summed E-state index contributed by atoms with van der Waals surface area (Å²) in [5, 5.41) is 13.9. The quantitative estimate of drug-likeness (QED) is 0.139. The fraction of sp³-hybridized carbons (Fsp3) is 0.688. The Kier molecular flexibility index (Phi) is 12.1. The summed E-state index contributed by atoms with van der Waals surface area (Å²) in [6.07, 6.45) is 0.820. The molecule has 0 aromatic heterocycles. The third-order valence-corrected chi connectivity index (χ3v) is 3.91. The van der Waals surface area contributed by atoms with Crippen LogP contribution in [0.15, 0.2) is 0 Å². The monoisotopic (exact) mass is 402 g/mol. The lowest BCUT2D eigenvalue weighted by atomic mass is 10.1. The van der Waals surface area contributed by atoms with Crippen molar-refractivity contribution in [2.75, 3.05) is 6.54 Å². The van der Waals surface area contributed by atoms with Crippen molar-refractivity contribution in [3.63, 3.8) is 0 Å². The maximum Gasteiger partial charge on any atom is 0.326 e. The van der Waals surface area contributed by atoms with Crippen molar-refractivity contribution < 1.29 is 29.1 Å². The molecule has 28 heavy (non-hydrogen) atoms. The van der Waals surface area contributed by atoms with Crippen LogP contribution >= 0.6 is 0 Å². The number of nitrogens with one attached hydrogen (secondary N) is 2. The second-order valence-electron chi connectivity index (χ2n) is 6.36. The van der Waals surface area contributed by atoms with Crippen LogP contribution in [0.25, 0.3) is 0 Å². The van der Waals surface area contributed by atoms with Gasteiger partial charge in [-0.1, -0.05) is 0 Å². The Morgan fingerprint density at radius 2 is 1.32 bits per heavy atom. The van der Waals surface area contributed by atoms with Crippen molar-refractivity contribution >= 4 is 29.6 Å². The van der Waals surface area contributed by atoms with Crippen molar-refractivity contribution in [3.05, 3.63) is 0 Å². The number of carboxylic acids is 1. The zero-order valence-corrected chi connectivity index (χ0v) is 15.7. The second kappa shape index (κ2) is 13.4. The SMILES string of the molecule is NCCCC[C@H](NC(=O)[C@@H](N)CCC(N)=O)C(=O)N[C@@H](CCC(N)=O)C(=O)O. The predicted octanol–water partition coefficient (Wildman–Crippen LogP) is -2.97. The van der Waals surface area contributed by atoms with Crippen molar-refractivity contribution in [1.82, 2.24) is 10.6 Å². The summed E-state index contributed by atoms with van der Waals surface area (Å²) in [7, 11) is 0. The number of amides is 4. The summed E-state index contributed by atoms with van der Waals surface area (Å²) >= 11 is 0. The van der Waals surface area contributed by atoms with E-state index in [0.29, 0.717) is 19.4 Å². The van der Waals surface area contributed by atoms with Gasteiger partial charge in [0.1, 0.15) is 12.1 Å². The molecule has 0 aliphatic heterocycles. The van der Waals surface area contributed by atoms with E-state index in [-0.39, 0.29) is 32.1 Å². The molecule has 0 aliphatic rings. The highest BCUT2D eigenvalue weighted by Gasteiger charge is 2.27. The third kappa shape index (κ3) is 11.1. The van der Waals surface area contributed by atoms with E-state index < -0.39 is 47.7 Å². The van der Waals surface area contributed by atoms with E-state index in [1.807, 2.05) is 0 Å². The van der Waals surface area contributed by atoms with E-state index in [0.717, 1.165) is 0 Å². The van der Waals surface area contributed by atoms with Crippen LogP contribution < -0.4 is 33.6 Å². The Bertz CT molecular complexity index is 570. The molecule has 0 fully saturated rings. The molecule has 0 bridgehead atoms. The van der Waals surface area contributed by atoms with E-state index >= 15 is 0 Å². The number of carboxylic acid groups (broad SMARTS) is 1. The Morgan fingerprint density at radius 1 is 0.786 bits per heavy atom. The molecular formula is C16H30N6O6. The van der Waals surface area contributed by atoms with Crippen molar-refractivity contribution in [2.24, 2.45) is 22.9 Å². The van der Waals surface area contributed by atoms with Crippen LogP contribution in [0.5, 0.6) is 0 Å². The van der Waals surface area contributed by atoms with Crippen molar-refractivity contribution in [3.8, 4) is 0 Å². The highest BCUT2D eigenvalue weighted by molar-refractivity contribution is 5.92. The fourth-order valence-electron chi connectivity index (χ4n) is 2.29. The van der Waals surface area contributed by atoms with E-state index in [1.54, 1.807) is 0 Å². The van der Waals surface area contributed by atoms with Gasteiger partial charge in [0, 0.05) is 12.8 Å². The number of nitrogens with two attached hydrogens (primary N) is 4. The number of hydrogen-bond donors (Lipinski definition) is 7. The molecule has 4 amide bonds. The van der Waals surface area contributed by atoms with Gasteiger partial charge in [-0.3, -0.25) is 19.2 Å². The van der Waals surface area contributed by atoms with Gasteiger partial charge in [-0.05, 0) is 38.6 Å². The normalized spacial score (nSPS) is 13.8. The molecule has 0 aromatic carbocycles. The first kappa shape index (κ1) is 25.3. The largest absolute Gasteiger partial charge is 0.480 e. The lowest BCUT2D eigenvalue weighted by Crippen LogP contribution is -2.54. The zero-order chi connectivity index (χ0) is 21.7. The van der Waals surface area contributed by atoms with Crippen LogP contribution in [0.3, 0.4) is 0 Å². The van der Waals surface area contributed by atoms with Crippen molar-refractivity contribution in [2.45, 2.75) is 63.1 Å². The number of carbonyl (C=O) groups is 5. The van der Waals surface area contributed by atoms with Gasteiger partial charge in [0.05, 0.1) is 6.04 Å². The fourth-order valence-corrected chi connectivity index (χ4v) is 2.29. The minimum Gasteiger partial charge on any atom is -0.480 e. The Hall–Kier alpha value is -2.73. The average molecular weight is 402 g/mol. The molecule has 12 heteroatoms. The average Bonchev–Trinajstić information content (AvgIpc) is 2.61. The molecule has 0 spiro atoms. The molecule has 160 valence electrons. The number of unbranched alkanes of at least 4 members (excludes halogenated alkanes) is 1. The summed E-state index contributed by atoms with van der Waals surface area (Å²) in [6.45, 7) is 0.386. The molecular weight excluding hydrogens is 372 g/mol. The van der Waals surface area contributed by atoms with Gasteiger partial charge in [-0.15, -0.1) is 0 Å². The van der Waals surface area contributed by atoms with E-state index in [1.165, 1.54) is 0 Å². The van der Waals surface area contributed by atoms with E-state index in [4.69, 9.17) is 22.9 Å². The molecule has 0 unspecified atom stereocenters. The highest BCUT2D eigenvalue weighted by atomic mass is 16.4. The first-order valence-electron chi connectivity index (χ1n) is 8.94. The number of carbonyl (C=O) groups excluding carboxylic acids is 4. The summed E-state index contributed by atoms with van der Waals surface area (Å²) in [4.78, 5) is 57.6. The Labute approximate surface area is 162 Å². The molecule has 11 N–H and O–H groups in total. The van der Waals surface area contributed by atoms with Crippen molar-refractivity contribution in [1.29, 1.82) is 0 Å². The van der Waals surface area contributed by atoms with Gasteiger partial charge in [0.25, 0.3) is 0 Å². The summed E-state index contributed by atoms with van der Waals surface area (Å²) in [6, 6.07) is -3.44. The lowest BCUT2D eigenvalue weighted by molar-refractivity contribution is -0.142. The van der Waals surface area contributed by atoms with Gasteiger partial charge < -0.3 is 38.7 Å². The molecule has 0 aromatic rings. The third-order valence-electron chi connectivity index (χ3n) is 3.91. The highest BCUT2D eigenvalue weighted by Crippen LogP contribution is 2.05. The van der Waals surface area contributed by atoms with Crippen LogP contribution in [0.4, 0.5) is 0 Å². The summed E-state index contributed by atoms with van der Waals surface area (Å²) < 4.78 is 0. The van der Waals surface area contributed by atoms with E-state index in [9.17, 15) is 29.1 Å². The smallest absolute Gasteiger partial charge is 0.326 e. The van der Waals surface area contributed by atoms with Crippen LogP contribution in [0.2, 0.25) is 0 Å². The Balaban J connectivity index is 5.00. The summed E-state index contributed by atoms with van der Waals surface area (Å²) in [5.74, 6) is -4.05. The van der Waals surface area contributed by atoms with Gasteiger partial charge in [-0.25, -0.2) is 4.79 Å². The van der Waals surface area contributed by atoms with Gasteiger partial charge in [-0.2, -0.15) is 0 Å². The van der Waals surface area contributed by atoms with E-state index in [2.05, 4.69) is 10.6 Å². The van der Waals surface area contributed by atoms with Gasteiger partial charge in [0.15, 0.2) is 0 Å². The lowest BCUT2D eigenvalue weighted by Gasteiger charge is -2.22. The van der Waals surface area contributed by atoms with Crippen LogP contribution in [-0.2, 0) is 24.0 Å². The molecule has 0 saturated carbocycles. The molecule has 0 aliphatic carbocycles. The molecule has 0 rings (SSSR count). The maximum absolute atomic E-state index is 12.5. The molecule has 3 atom stereocenters. The second-order valence-corrected chi connectivity index (χ2v) is 6.36. The standard InChI is InChI=1S/C16H30N6O6/c17-8-2-1-3-10(21-14(25)9(18)4-6-12(19)23)15(26)22-11(16(27)28)5-7-13(20)24/h9-11H,1-8,17-18H2,(H2,19,23)(H2,20,24)(H,21,25)(H,22,26)(H,27,28)/t9-,10-,11-/m0/s1. The number of aliphatic carboxylic acids is 1. The minimum absolute atomic E-state index is 0.00860. The number of rotatable bonds is 15. The number of primary amides is 2. The maximum atomic E-state index is 12.5. The molecule has 0 saturated heterocycles. The number of hydrogen-bond acceptors (Lipinski definition) is 7. The molecule has 0 heterocycles. The molecule has 0 radical (unpaired) electrons. The zero-order valence-electron chi connectivity index (χ0n) is 15.7. The van der Waals surface area contributed by atoms with Crippen LogP contribution in [0.1, 0.15) is 44.9 Å². The topological polar surface area (TPSA) is 234 Å². The van der Waals surface area contributed by atoms with Gasteiger partial charge >= 0.3 is 5.97 Å². The molecule has 12 nitrogen and oxygen atoms in total. The first-order valence-corrected chi connectivity index (χ1v) is 8.94. The first-order chi connectivity index (χ1) is 13.1. The summed E-state index contributed by atoms with van der Waals surface area (Å²) in [5.41, 5.74) is 21.1.